The monoisotopic (exact) mass is 370 g/mol. The van der Waals surface area contributed by atoms with E-state index < -0.39 is 5.97 Å². The maximum Gasteiger partial charge on any atom is 0.339 e. The van der Waals surface area contributed by atoms with Gasteiger partial charge in [-0.2, -0.15) is 4.73 Å². The molecule has 0 saturated carbocycles. The van der Waals surface area contributed by atoms with Gasteiger partial charge in [0, 0.05) is 12.1 Å². The highest BCUT2D eigenvalue weighted by Crippen LogP contribution is 2.24. The molecule has 0 unspecified atom stereocenters. The molecule has 27 heavy (non-hydrogen) atoms. The maximum absolute atomic E-state index is 12.3. The minimum Gasteiger partial charge on any atom is -0.619 e. The number of rotatable bonds is 7. The summed E-state index contributed by atoms with van der Waals surface area (Å²) in [4.78, 5) is 24.2. The first-order valence-corrected chi connectivity index (χ1v) is 9.03. The van der Waals surface area contributed by atoms with Crippen LogP contribution in [0.1, 0.15) is 61.1 Å². The number of hydrogen-bond acceptors (Lipinski definition) is 4. The van der Waals surface area contributed by atoms with Crippen molar-refractivity contribution in [3.8, 4) is 0 Å². The van der Waals surface area contributed by atoms with E-state index in [1.165, 1.54) is 30.1 Å². The van der Waals surface area contributed by atoms with Gasteiger partial charge in [-0.1, -0.05) is 52.0 Å². The average molecular weight is 370 g/mol. The van der Waals surface area contributed by atoms with E-state index in [0.717, 1.165) is 5.56 Å². The van der Waals surface area contributed by atoms with E-state index in [1.54, 1.807) is 0 Å². The second-order valence-corrected chi connectivity index (χ2v) is 7.13. The third-order valence-corrected chi connectivity index (χ3v) is 4.32. The molecule has 1 atom stereocenters. The first-order valence-electron chi connectivity index (χ1n) is 9.03. The number of ether oxygens (including phenoxy) is 1. The third-order valence-electron chi connectivity index (χ3n) is 4.32. The molecule has 144 valence electrons. The third kappa shape index (κ3) is 5.81. The topological polar surface area (TPSA) is 82.3 Å². The SMILES string of the molecule is CC(C)c1ccc([C@@H](NC(=O)COC(=O)c2cc[n+]([O-])cc2)C(C)C)cc1. The van der Waals surface area contributed by atoms with E-state index >= 15 is 0 Å². The number of amides is 1. The fourth-order valence-corrected chi connectivity index (χ4v) is 2.70. The molecule has 0 spiro atoms. The first kappa shape index (κ1) is 20.4. The Morgan fingerprint density at radius 3 is 2.07 bits per heavy atom. The van der Waals surface area contributed by atoms with Crippen molar-refractivity contribution in [2.75, 3.05) is 6.61 Å². The van der Waals surface area contributed by atoms with Gasteiger partial charge in [-0.15, -0.1) is 0 Å². The standard InChI is InChI=1S/C21H26N2O4/c1-14(2)16-5-7-17(8-6-16)20(15(3)4)22-19(24)13-27-21(25)18-9-11-23(26)12-10-18/h5-12,14-15,20H,13H2,1-4H3,(H,22,24)/t20-/m0/s1. The molecule has 0 saturated heterocycles. The van der Waals surface area contributed by atoms with Gasteiger partial charge in [-0.05, 0) is 23.0 Å². The van der Waals surface area contributed by atoms with Crippen LogP contribution in [0.3, 0.4) is 0 Å². The van der Waals surface area contributed by atoms with E-state index in [0.29, 0.717) is 10.6 Å². The van der Waals surface area contributed by atoms with Crippen LogP contribution in [-0.4, -0.2) is 18.5 Å². The van der Waals surface area contributed by atoms with Crippen LogP contribution in [-0.2, 0) is 9.53 Å². The number of esters is 1. The number of carbonyl (C=O) groups excluding carboxylic acids is 2. The lowest BCUT2D eigenvalue weighted by Crippen LogP contribution is -2.35. The molecule has 2 aromatic rings. The van der Waals surface area contributed by atoms with Gasteiger partial charge in [0.05, 0.1) is 11.6 Å². The molecule has 0 aliphatic carbocycles. The number of pyridine rings is 1. The number of aromatic nitrogens is 1. The van der Waals surface area contributed by atoms with Crippen molar-refractivity contribution in [2.24, 2.45) is 5.92 Å². The summed E-state index contributed by atoms with van der Waals surface area (Å²) in [5, 5.41) is 13.9. The zero-order chi connectivity index (χ0) is 20.0. The molecule has 1 amide bonds. The van der Waals surface area contributed by atoms with Crippen molar-refractivity contribution in [3.63, 3.8) is 0 Å². The molecule has 1 N–H and O–H groups in total. The van der Waals surface area contributed by atoms with E-state index in [4.69, 9.17) is 4.74 Å². The van der Waals surface area contributed by atoms with Crippen molar-refractivity contribution in [2.45, 2.75) is 39.7 Å². The minimum absolute atomic E-state index is 0.173. The Labute approximate surface area is 159 Å². The highest BCUT2D eigenvalue weighted by atomic mass is 16.5. The van der Waals surface area contributed by atoms with Gasteiger partial charge in [0.15, 0.2) is 19.0 Å². The number of carbonyl (C=O) groups is 2. The molecule has 6 heteroatoms. The first-order chi connectivity index (χ1) is 12.8. The van der Waals surface area contributed by atoms with E-state index in [2.05, 4.69) is 31.3 Å². The molecular formula is C21H26N2O4. The zero-order valence-corrected chi connectivity index (χ0v) is 16.1. The molecule has 2 rings (SSSR count). The Hall–Kier alpha value is -2.89. The Morgan fingerprint density at radius 1 is 1.00 bits per heavy atom. The predicted molar refractivity (Wildman–Crippen MR) is 102 cm³/mol. The highest BCUT2D eigenvalue weighted by Gasteiger charge is 2.20. The fraction of sp³-hybridized carbons (Fsp3) is 0.381. The van der Waals surface area contributed by atoms with Crippen LogP contribution in [0.15, 0.2) is 48.8 Å². The maximum atomic E-state index is 12.3. The second kappa shape index (κ2) is 9.16. The van der Waals surface area contributed by atoms with Gasteiger partial charge in [-0.3, -0.25) is 4.79 Å². The summed E-state index contributed by atoms with van der Waals surface area (Å²) in [5.41, 5.74) is 2.47. The number of nitrogens with one attached hydrogen (secondary N) is 1. The van der Waals surface area contributed by atoms with E-state index in [9.17, 15) is 14.8 Å². The lowest BCUT2D eigenvalue weighted by molar-refractivity contribution is -0.605. The van der Waals surface area contributed by atoms with Crippen molar-refractivity contribution in [3.05, 3.63) is 70.7 Å². The molecule has 1 heterocycles. The Bertz CT molecular complexity index is 768. The van der Waals surface area contributed by atoms with E-state index in [-0.39, 0.29) is 30.0 Å². The average Bonchev–Trinajstić information content (AvgIpc) is 2.64. The van der Waals surface area contributed by atoms with Crippen molar-refractivity contribution in [1.82, 2.24) is 5.32 Å². The minimum atomic E-state index is -0.645. The van der Waals surface area contributed by atoms with Gasteiger partial charge in [0.2, 0.25) is 0 Å². The summed E-state index contributed by atoms with van der Waals surface area (Å²) < 4.78 is 5.61. The lowest BCUT2D eigenvalue weighted by Gasteiger charge is -2.23. The van der Waals surface area contributed by atoms with Crippen LogP contribution in [0.2, 0.25) is 0 Å². The lowest BCUT2D eigenvalue weighted by atomic mass is 9.93. The van der Waals surface area contributed by atoms with Crippen LogP contribution in [0, 0.1) is 11.1 Å². The van der Waals surface area contributed by atoms with Gasteiger partial charge in [0.25, 0.3) is 5.91 Å². The van der Waals surface area contributed by atoms with Crippen LogP contribution in [0.4, 0.5) is 0 Å². The Kier molecular flexibility index (Phi) is 6.93. The fourth-order valence-electron chi connectivity index (χ4n) is 2.70. The van der Waals surface area contributed by atoms with Crippen LogP contribution >= 0.6 is 0 Å². The zero-order valence-electron chi connectivity index (χ0n) is 16.1. The second-order valence-electron chi connectivity index (χ2n) is 7.13. The molecule has 0 bridgehead atoms. The summed E-state index contributed by atoms with van der Waals surface area (Å²) in [6.07, 6.45) is 2.40. The molecule has 0 radical (unpaired) electrons. The van der Waals surface area contributed by atoms with Crippen molar-refractivity contribution in [1.29, 1.82) is 0 Å². The summed E-state index contributed by atoms with van der Waals surface area (Å²) in [7, 11) is 0. The van der Waals surface area contributed by atoms with Gasteiger partial charge >= 0.3 is 5.97 Å². The van der Waals surface area contributed by atoms with Crippen LogP contribution in [0.25, 0.3) is 0 Å². The number of hydrogen-bond donors (Lipinski definition) is 1. The molecule has 1 aromatic carbocycles. The molecule has 1 aromatic heterocycles. The van der Waals surface area contributed by atoms with Crippen molar-refractivity contribution < 1.29 is 19.1 Å². The smallest absolute Gasteiger partial charge is 0.339 e. The normalized spacial score (nSPS) is 12.1. The van der Waals surface area contributed by atoms with Crippen molar-refractivity contribution >= 4 is 11.9 Å². The number of benzene rings is 1. The molecule has 6 nitrogen and oxygen atoms in total. The summed E-state index contributed by atoms with van der Waals surface area (Å²) in [6, 6.07) is 10.7. The molecule has 0 aliphatic rings. The summed E-state index contributed by atoms with van der Waals surface area (Å²) in [6.45, 7) is 7.94. The molecular weight excluding hydrogens is 344 g/mol. The Balaban J connectivity index is 1.96. The molecule has 0 fully saturated rings. The summed E-state index contributed by atoms with van der Waals surface area (Å²) in [5.74, 6) is -0.395. The highest BCUT2D eigenvalue weighted by molar-refractivity contribution is 5.91. The van der Waals surface area contributed by atoms with Gasteiger partial charge in [-0.25, -0.2) is 4.79 Å². The quantitative estimate of drug-likeness (QED) is 0.461. The Morgan fingerprint density at radius 2 is 1.56 bits per heavy atom. The summed E-state index contributed by atoms with van der Waals surface area (Å²) >= 11 is 0. The van der Waals surface area contributed by atoms with Crippen LogP contribution in [0.5, 0.6) is 0 Å². The van der Waals surface area contributed by atoms with E-state index in [1.807, 2.05) is 26.0 Å². The van der Waals surface area contributed by atoms with Gasteiger partial charge < -0.3 is 15.3 Å². The number of nitrogens with zero attached hydrogens (tertiary/aromatic N) is 1. The van der Waals surface area contributed by atoms with Gasteiger partial charge in [0.1, 0.15) is 0 Å². The molecule has 0 aliphatic heterocycles. The predicted octanol–water partition coefficient (Wildman–Crippen LogP) is 3.11. The largest absolute Gasteiger partial charge is 0.619 e. The van der Waals surface area contributed by atoms with Crippen LogP contribution < -0.4 is 10.0 Å².